The number of hydrogen-bond donors (Lipinski definition) is 1. The lowest BCUT2D eigenvalue weighted by molar-refractivity contribution is -0.137. The summed E-state index contributed by atoms with van der Waals surface area (Å²) in [4.78, 5) is 0. The van der Waals surface area contributed by atoms with Crippen LogP contribution in [0.25, 0.3) is 28.3 Å². The first kappa shape index (κ1) is 20.5. The molecule has 4 rings (SSSR count). The molecule has 0 amide bonds. The Bertz CT molecular complexity index is 1090. The summed E-state index contributed by atoms with van der Waals surface area (Å²) in [5.74, 6) is 0.284. The molecule has 29 heavy (non-hydrogen) atoms. The number of nitrogens with zero attached hydrogens (tertiary/aromatic N) is 6. The molecule has 0 aliphatic carbocycles. The van der Waals surface area contributed by atoms with Crippen molar-refractivity contribution >= 4 is 11.6 Å². The fraction of sp³-hybridized carbons (Fsp3) is 0.167. The lowest BCUT2D eigenvalue weighted by Crippen LogP contribution is -2.06. The summed E-state index contributed by atoms with van der Waals surface area (Å²) in [5.41, 5.74) is 0.875. The van der Waals surface area contributed by atoms with E-state index in [0.717, 1.165) is 12.1 Å². The molecule has 0 fully saturated rings. The lowest BCUT2D eigenvalue weighted by atomic mass is 10.1. The van der Waals surface area contributed by atoms with Gasteiger partial charge < -0.3 is 0 Å². The predicted octanol–water partition coefficient (Wildman–Crippen LogP) is 4.81. The first-order valence-electron chi connectivity index (χ1n) is 8.55. The van der Waals surface area contributed by atoms with Crippen molar-refractivity contribution in [1.29, 1.82) is 0 Å². The van der Waals surface area contributed by atoms with E-state index in [2.05, 4.69) is 30.9 Å². The number of alkyl halides is 3. The Morgan fingerprint density at radius 1 is 1.07 bits per heavy atom. The van der Waals surface area contributed by atoms with Gasteiger partial charge in [0.2, 0.25) is 5.82 Å². The summed E-state index contributed by atoms with van der Waals surface area (Å²) < 4.78 is 40.5. The average Bonchev–Trinajstić information content (AvgIpc) is 3.41. The second kappa shape index (κ2) is 8.39. The Balaban J connectivity index is 0.00000117. The van der Waals surface area contributed by atoms with Crippen molar-refractivity contribution in [2.75, 3.05) is 0 Å². The van der Waals surface area contributed by atoms with Gasteiger partial charge >= 0.3 is 6.18 Å². The minimum Gasteiger partial charge on any atom is -0.212 e. The van der Waals surface area contributed by atoms with Crippen LogP contribution in [0.3, 0.4) is 0 Å². The van der Waals surface area contributed by atoms with Gasteiger partial charge in [-0.3, -0.25) is 0 Å². The second-order valence-electron chi connectivity index (χ2n) is 5.51. The highest BCUT2D eigenvalue weighted by molar-refractivity contribution is 6.30. The third-order valence-corrected chi connectivity index (χ3v) is 4.04. The van der Waals surface area contributed by atoms with Crippen LogP contribution in [0, 0.1) is 0 Å². The molecule has 150 valence electrons. The van der Waals surface area contributed by atoms with E-state index in [1.807, 2.05) is 13.8 Å². The van der Waals surface area contributed by atoms with Gasteiger partial charge in [-0.05, 0) is 35.5 Å². The smallest absolute Gasteiger partial charge is 0.212 e. The highest BCUT2D eigenvalue weighted by Gasteiger charge is 2.30. The van der Waals surface area contributed by atoms with Gasteiger partial charge in [0.05, 0.1) is 23.1 Å². The Morgan fingerprint density at radius 2 is 1.86 bits per heavy atom. The molecule has 4 aromatic rings. The zero-order valence-corrected chi connectivity index (χ0v) is 16.1. The van der Waals surface area contributed by atoms with Crippen LogP contribution in [0.2, 0.25) is 5.02 Å². The van der Waals surface area contributed by atoms with Crippen molar-refractivity contribution < 1.29 is 13.2 Å². The summed E-state index contributed by atoms with van der Waals surface area (Å²) in [5, 5.41) is 22.0. The van der Waals surface area contributed by atoms with Gasteiger partial charge in [-0.1, -0.05) is 42.8 Å². The summed E-state index contributed by atoms with van der Waals surface area (Å²) in [6.07, 6.45) is -3.09. The van der Waals surface area contributed by atoms with E-state index in [1.54, 1.807) is 24.3 Å². The molecule has 0 radical (unpaired) electrons. The number of tetrazole rings is 1. The van der Waals surface area contributed by atoms with Gasteiger partial charge in [0.25, 0.3) is 0 Å². The van der Waals surface area contributed by atoms with E-state index in [9.17, 15) is 13.2 Å². The van der Waals surface area contributed by atoms with E-state index in [1.165, 1.54) is 16.9 Å². The van der Waals surface area contributed by atoms with Crippen LogP contribution in [-0.4, -0.2) is 35.6 Å². The maximum absolute atomic E-state index is 13.1. The number of aromatic nitrogens is 7. The monoisotopic (exact) mass is 421 g/mol. The van der Waals surface area contributed by atoms with Crippen molar-refractivity contribution in [3.63, 3.8) is 0 Å². The molecule has 0 aliphatic heterocycles. The van der Waals surface area contributed by atoms with Gasteiger partial charge in [-0.2, -0.15) is 18.4 Å². The van der Waals surface area contributed by atoms with E-state index in [-0.39, 0.29) is 5.82 Å². The van der Waals surface area contributed by atoms with Crippen LogP contribution >= 0.6 is 11.6 Å². The van der Waals surface area contributed by atoms with Gasteiger partial charge in [0, 0.05) is 16.1 Å². The third-order valence-electron chi connectivity index (χ3n) is 3.81. The molecule has 1 N–H and O–H groups in total. The number of rotatable bonds is 3. The van der Waals surface area contributed by atoms with Gasteiger partial charge in [-0.25, -0.2) is 4.68 Å². The van der Waals surface area contributed by atoms with Crippen LogP contribution in [-0.2, 0) is 6.18 Å². The number of nitrogens with one attached hydrogen (secondary N) is 1. The van der Waals surface area contributed by atoms with Gasteiger partial charge in [0.1, 0.15) is 0 Å². The molecule has 0 saturated carbocycles. The number of halogens is 4. The first-order chi connectivity index (χ1) is 13.9. The minimum atomic E-state index is -4.46. The van der Waals surface area contributed by atoms with Crippen LogP contribution in [0.5, 0.6) is 0 Å². The van der Waals surface area contributed by atoms with Crippen molar-refractivity contribution in [2.24, 2.45) is 0 Å². The zero-order valence-electron chi connectivity index (χ0n) is 15.3. The fourth-order valence-corrected chi connectivity index (χ4v) is 2.78. The maximum Gasteiger partial charge on any atom is 0.416 e. The van der Waals surface area contributed by atoms with Crippen LogP contribution in [0.4, 0.5) is 13.2 Å². The van der Waals surface area contributed by atoms with E-state index >= 15 is 0 Å². The highest BCUT2D eigenvalue weighted by atomic mass is 35.5. The highest BCUT2D eigenvalue weighted by Crippen LogP contribution is 2.34. The Kier molecular flexibility index (Phi) is 5.92. The molecule has 0 aliphatic rings. The van der Waals surface area contributed by atoms with Gasteiger partial charge in [0.15, 0.2) is 0 Å². The number of aromatic amines is 1. The molecular formula is C18H15ClF3N7. The van der Waals surface area contributed by atoms with Crippen molar-refractivity contribution in [2.45, 2.75) is 20.0 Å². The molecule has 0 bridgehead atoms. The molecule has 0 spiro atoms. The van der Waals surface area contributed by atoms with E-state index in [4.69, 9.17) is 11.6 Å². The topological polar surface area (TPSA) is 85.2 Å². The zero-order chi connectivity index (χ0) is 21.0. The molecule has 2 heterocycles. The molecule has 0 atom stereocenters. The summed E-state index contributed by atoms with van der Waals surface area (Å²) >= 11 is 6.10. The number of benzene rings is 2. The second-order valence-corrected chi connectivity index (χ2v) is 5.94. The van der Waals surface area contributed by atoms with Crippen LogP contribution in [0.15, 0.2) is 48.7 Å². The maximum atomic E-state index is 13.1. The normalized spacial score (nSPS) is 11.1. The predicted molar refractivity (Wildman–Crippen MR) is 101 cm³/mol. The SMILES string of the molecule is CC.FC(F)(F)c1cccc(-c2cnnn2-c2cc(Cl)ccc2-c2nn[nH]n2)c1. The summed E-state index contributed by atoms with van der Waals surface area (Å²) in [7, 11) is 0. The van der Waals surface area contributed by atoms with Crippen molar-refractivity contribution in [3.05, 3.63) is 59.2 Å². The number of H-pyrrole nitrogens is 1. The Morgan fingerprint density at radius 3 is 2.55 bits per heavy atom. The largest absolute Gasteiger partial charge is 0.416 e. The van der Waals surface area contributed by atoms with Crippen molar-refractivity contribution in [3.8, 4) is 28.3 Å². The third kappa shape index (κ3) is 4.27. The molecule has 7 nitrogen and oxygen atoms in total. The summed E-state index contributed by atoms with van der Waals surface area (Å²) in [6.45, 7) is 4.00. The first-order valence-corrected chi connectivity index (χ1v) is 8.93. The van der Waals surface area contributed by atoms with Crippen LogP contribution < -0.4 is 0 Å². The van der Waals surface area contributed by atoms with E-state index < -0.39 is 11.7 Å². The molecule has 0 saturated heterocycles. The van der Waals surface area contributed by atoms with Gasteiger partial charge in [-0.15, -0.1) is 15.3 Å². The Labute approximate surface area is 168 Å². The molecule has 2 aromatic carbocycles. The van der Waals surface area contributed by atoms with Crippen molar-refractivity contribution in [1.82, 2.24) is 35.6 Å². The molecule has 11 heteroatoms. The quantitative estimate of drug-likeness (QED) is 0.513. The average molecular weight is 422 g/mol. The van der Waals surface area contributed by atoms with Crippen LogP contribution in [0.1, 0.15) is 19.4 Å². The number of hydrogen-bond acceptors (Lipinski definition) is 5. The Hall–Kier alpha value is -3.27. The fourth-order valence-electron chi connectivity index (χ4n) is 2.61. The standard InChI is InChI=1S/C16H9ClF3N7.C2H6/c17-11-4-5-12(15-22-24-25-23-15)13(7-11)27-14(8-21-26-27)9-2-1-3-10(6-9)16(18,19)20;1-2/h1-8H,(H,22,23,24,25);1-2H3. The molecule has 0 unspecified atom stereocenters. The molecular weight excluding hydrogens is 407 g/mol. The lowest BCUT2D eigenvalue weighted by Gasteiger charge is -2.12. The molecule has 2 aromatic heterocycles. The van der Waals surface area contributed by atoms with E-state index in [0.29, 0.717) is 27.5 Å². The summed E-state index contributed by atoms with van der Waals surface area (Å²) in [6, 6.07) is 9.81. The minimum absolute atomic E-state index is 0.284.